The topological polar surface area (TPSA) is 70.0 Å². The minimum Gasteiger partial charge on any atom is -0.493 e. The van der Waals surface area contributed by atoms with E-state index >= 15 is 0 Å². The molecule has 0 N–H and O–H groups in total. The molecule has 0 radical (unpaired) electrons. The first-order valence-corrected chi connectivity index (χ1v) is 10.2. The number of fused-ring (bicyclic) bond motifs is 1. The first-order valence-electron chi connectivity index (χ1n) is 8.75. The lowest BCUT2D eigenvalue weighted by Crippen LogP contribution is -2.30. The van der Waals surface area contributed by atoms with Gasteiger partial charge in [0.2, 0.25) is 5.75 Å². The van der Waals surface area contributed by atoms with Gasteiger partial charge in [-0.15, -0.1) is 0 Å². The predicted octanol–water partition coefficient (Wildman–Crippen LogP) is 3.42. The van der Waals surface area contributed by atoms with E-state index < -0.39 is 10.0 Å². The molecule has 0 aliphatic carbocycles. The molecular formula is C20H24N2O5S. The zero-order chi connectivity index (χ0) is 20.5. The fourth-order valence-corrected chi connectivity index (χ4v) is 4.75. The molecule has 150 valence electrons. The second kappa shape index (κ2) is 7.63. The summed E-state index contributed by atoms with van der Waals surface area (Å²) in [6.45, 7) is 2.07. The Morgan fingerprint density at radius 1 is 0.964 bits per heavy atom. The van der Waals surface area contributed by atoms with Crippen molar-refractivity contribution in [3.63, 3.8) is 0 Å². The van der Waals surface area contributed by atoms with Crippen molar-refractivity contribution < 1.29 is 22.6 Å². The summed E-state index contributed by atoms with van der Waals surface area (Å²) in [5.41, 5.74) is 1.62. The maximum Gasteiger partial charge on any atom is 0.264 e. The minimum absolute atomic E-state index is 0.0667. The Hall–Kier alpha value is -2.87. The number of hydrogen-bond acceptors (Lipinski definition) is 5. The summed E-state index contributed by atoms with van der Waals surface area (Å²) in [5, 5.41) is 0.971. The number of methoxy groups -OCH3 is 3. The fourth-order valence-electron chi connectivity index (χ4n) is 3.25. The van der Waals surface area contributed by atoms with Crippen LogP contribution in [0.5, 0.6) is 17.2 Å². The second-order valence-electron chi connectivity index (χ2n) is 6.20. The van der Waals surface area contributed by atoms with Crippen molar-refractivity contribution in [1.29, 1.82) is 0 Å². The van der Waals surface area contributed by atoms with Crippen LogP contribution in [0.25, 0.3) is 10.9 Å². The maximum absolute atomic E-state index is 13.4. The molecule has 0 aliphatic heterocycles. The molecule has 3 rings (SSSR count). The maximum atomic E-state index is 13.4. The average molecular weight is 404 g/mol. The number of benzene rings is 2. The molecule has 8 heteroatoms. The van der Waals surface area contributed by atoms with Crippen molar-refractivity contribution in [3.05, 3.63) is 42.6 Å². The van der Waals surface area contributed by atoms with E-state index in [1.807, 2.05) is 36.0 Å². The summed E-state index contributed by atoms with van der Waals surface area (Å²) in [4.78, 5) is 0.0667. The van der Waals surface area contributed by atoms with E-state index in [0.717, 1.165) is 10.9 Å². The summed E-state index contributed by atoms with van der Waals surface area (Å²) in [6.07, 6.45) is 1.94. The van der Waals surface area contributed by atoms with E-state index in [1.165, 1.54) is 37.8 Å². The van der Waals surface area contributed by atoms with Gasteiger partial charge in [-0.1, -0.05) is 0 Å². The zero-order valence-corrected chi connectivity index (χ0v) is 17.4. The standard InChI is InChI=1S/C20H24N2O5S/c1-6-22(15-7-8-17-14(11-15)9-10-21(17)2)28(23,24)16-12-18(25-3)20(27-5)19(13-16)26-4/h7-13H,6H2,1-5H3. The van der Waals surface area contributed by atoms with E-state index in [0.29, 0.717) is 11.4 Å². The lowest BCUT2D eigenvalue weighted by Gasteiger charge is -2.24. The molecule has 28 heavy (non-hydrogen) atoms. The van der Waals surface area contributed by atoms with Crippen LogP contribution in [0.2, 0.25) is 0 Å². The highest BCUT2D eigenvalue weighted by molar-refractivity contribution is 7.92. The lowest BCUT2D eigenvalue weighted by atomic mass is 10.2. The van der Waals surface area contributed by atoms with Crippen LogP contribution in [0.15, 0.2) is 47.5 Å². The number of aromatic nitrogens is 1. The first-order chi connectivity index (χ1) is 13.4. The van der Waals surface area contributed by atoms with Gasteiger partial charge in [-0.2, -0.15) is 0 Å². The molecule has 0 fully saturated rings. The van der Waals surface area contributed by atoms with E-state index in [4.69, 9.17) is 14.2 Å². The highest BCUT2D eigenvalue weighted by Crippen LogP contribution is 2.40. The van der Waals surface area contributed by atoms with Crippen LogP contribution in [0.4, 0.5) is 5.69 Å². The molecule has 2 aromatic carbocycles. The minimum atomic E-state index is -3.85. The molecule has 0 saturated heterocycles. The third-order valence-corrected chi connectivity index (χ3v) is 6.55. The number of ether oxygens (including phenoxy) is 3. The first kappa shape index (κ1) is 19.9. The normalized spacial score (nSPS) is 11.5. The predicted molar refractivity (Wildman–Crippen MR) is 109 cm³/mol. The highest BCUT2D eigenvalue weighted by Gasteiger charge is 2.27. The molecule has 0 bridgehead atoms. The Balaban J connectivity index is 2.13. The van der Waals surface area contributed by atoms with Crippen molar-refractivity contribution in [2.45, 2.75) is 11.8 Å². The van der Waals surface area contributed by atoms with Crippen LogP contribution in [-0.4, -0.2) is 40.9 Å². The van der Waals surface area contributed by atoms with Gasteiger partial charge in [0.25, 0.3) is 10.0 Å². The van der Waals surface area contributed by atoms with Crippen LogP contribution in [0.3, 0.4) is 0 Å². The van der Waals surface area contributed by atoms with E-state index in [9.17, 15) is 8.42 Å². The van der Waals surface area contributed by atoms with Gasteiger partial charge in [0.05, 0.1) is 31.9 Å². The lowest BCUT2D eigenvalue weighted by molar-refractivity contribution is 0.323. The zero-order valence-electron chi connectivity index (χ0n) is 16.6. The van der Waals surface area contributed by atoms with Crippen molar-refractivity contribution in [2.75, 3.05) is 32.2 Å². The molecule has 3 aromatic rings. The highest BCUT2D eigenvalue weighted by atomic mass is 32.2. The quantitative estimate of drug-likeness (QED) is 0.603. The van der Waals surface area contributed by atoms with E-state index in [1.54, 1.807) is 13.0 Å². The van der Waals surface area contributed by atoms with Gasteiger partial charge < -0.3 is 18.8 Å². The Kier molecular flexibility index (Phi) is 5.42. The largest absolute Gasteiger partial charge is 0.493 e. The number of aryl methyl sites for hydroxylation is 1. The molecule has 0 amide bonds. The number of anilines is 1. The van der Waals surface area contributed by atoms with Gasteiger partial charge in [-0.3, -0.25) is 4.31 Å². The Morgan fingerprint density at radius 3 is 2.14 bits per heavy atom. The van der Waals surface area contributed by atoms with Crippen LogP contribution >= 0.6 is 0 Å². The van der Waals surface area contributed by atoms with Crippen LogP contribution in [0.1, 0.15) is 6.92 Å². The molecule has 0 aliphatic rings. The van der Waals surface area contributed by atoms with Gasteiger partial charge in [-0.05, 0) is 31.2 Å². The van der Waals surface area contributed by atoms with Crippen LogP contribution in [-0.2, 0) is 17.1 Å². The van der Waals surface area contributed by atoms with Crippen molar-refractivity contribution in [1.82, 2.24) is 4.57 Å². The molecule has 0 unspecified atom stereocenters. The van der Waals surface area contributed by atoms with Crippen molar-refractivity contribution >= 4 is 26.6 Å². The number of nitrogens with zero attached hydrogens (tertiary/aromatic N) is 2. The van der Waals surface area contributed by atoms with Gasteiger partial charge in [0, 0.05) is 42.8 Å². The van der Waals surface area contributed by atoms with Crippen LogP contribution in [0, 0.1) is 0 Å². The summed E-state index contributed by atoms with van der Waals surface area (Å²) in [6, 6.07) is 10.4. The van der Waals surface area contributed by atoms with E-state index in [2.05, 4.69) is 0 Å². The SMILES string of the molecule is CCN(c1ccc2c(ccn2C)c1)S(=O)(=O)c1cc(OC)c(OC)c(OC)c1. The van der Waals surface area contributed by atoms with E-state index in [-0.39, 0.29) is 22.9 Å². The molecule has 0 saturated carbocycles. The fraction of sp³-hybridized carbons (Fsp3) is 0.300. The van der Waals surface area contributed by atoms with Gasteiger partial charge in [-0.25, -0.2) is 8.42 Å². The Bertz CT molecular complexity index is 1080. The van der Waals surface area contributed by atoms with Crippen LogP contribution < -0.4 is 18.5 Å². The third-order valence-electron chi connectivity index (χ3n) is 4.67. The number of hydrogen-bond donors (Lipinski definition) is 0. The Morgan fingerprint density at radius 2 is 1.61 bits per heavy atom. The molecule has 0 spiro atoms. The summed E-state index contributed by atoms with van der Waals surface area (Å²) < 4.78 is 46.1. The summed E-state index contributed by atoms with van der Waals surface area (Å²) in [7, 11) is 2.49. The molecule has 0 atom stereocenters. The molecular weight excluding hydrogens is 380 g/mol. The number of sulfonamides is 1. The molecule has 1 heterocycles. The van der Waals surface area contributed by atoms with Crippen molar-refractivity contribution in [3.8, 4) is 17.2 Å². The number of rotatable bonds is 7. The molecule has 1 aromatic heterocycles. The molecule has 7 nitrogen and oxygen atoms in total. The second-order valence-corrected chi connectivity index (χ2v) is 8.06. The average Bonchev–Trinajstić information content (AvgIpc) is 3.07. The monoisotopic (exact) mass is 404 g/mol. The van der Waals surface area contributed by atoms with Crippen molar-refractivity contribution in [2.24, 2.45) is 7.05 Å². The smallest absolute Gasteiger partial charge is 0.264 e. The Labute approximate surface area is 165 Å². The third kappa shape index (κ3) is 3.24. The van der Waals surface area contributed by atoms with Gasteiger partial charge >= 0.3 is 0 Å². The summed E-state index contributed by atoms with van der Waals surface area (Å²) >= 11 is 0. The summed E-state index contributed by atoms with van der Waals surface area (Å²) in [5.74, 6) is 0.919. The van der Waals surface area contributed by atoms with Gasteiger partial charge in [0.15, 0.2) is 11.5 Å². The van der Waals surface area contributed by atoms with Gasteiger partial charge in [0.1, 0.15) is 0 Å².